The second-order valence-electron chi connectivity index (χ2n) is 3.57. The van der Waals surface area contributed by atoms with Crippen LogP contribution in [0.25, 0.3) is 5.76 Å². The predicted molar refractivity (Wildman–Crippen MR) is 75.2 cm³/mol. The first-order chi connectivity index (χ1) is 8.51. The van der Waals surface area contributed by atoms with Crippen LogP contribution in [0.2, 0.25) is 5.02 Å². The van der Waals surface area contributed by atoms with Crippen LogP contribution in [0, 0.1) is 0 Å². The van der Waals surface area contributed by atoms with E-state index in [1.807, 2.05) is 0 Å². The lowest BCUT2D eigenvalue weighted by Gasteiger charge is -2.10. The average Bonchev–Trinajstić information content (AvgIpc) is 2.33. The quantitative estimate of drug-likeness (QED) is 0.382. The Morgan fingerprint density at radius 3 is 2.67 bits per heavy atom. The number of thiol groups is 1. The Morgan fingerprint density at radius 1 is 1.44 bits per heavy atom. The van der Waals surface area contributed by atoms with Crippen LogP contribution in [0.1, 0.15) is 25.8 Å². The zero-order valence-corrected chi connectivity index (χ0v) is 11.9. The fourth-order valence-corrected chi connectivity index (χ4v) is 1.89. The van der Waals surface area contributed by atoms with Crippen LogP contribution < -0.4 is 0 Å². The molecule has 0 radical (unpaired) electrons. The van der Waals surface area contributed by atoms with Gasteiger partial charge in [0.25, 0.3) is 0 Å². The molecule has 0 aliphatic carbocycles. The predicted octanol–water partition coefficient (Wildman–Crippen LogP) is 3.87. The number of carbonyl (C=O) groups is 1. The van der Waals surface area contributed by atoms with Crippen LogP contribution in [0.5, 0.6) is 0 Å². The van der Waals surface area contributed by atoms with E-state index in [1.54, 1.807) is 32.0 Å². The fourth-order valence-electron chi connectivity index (χ4n) is 1.48. The Bertz CT molecular complexity index is 483. The standard InChI is InChI=1S/C13H15ClO3S/c1-3-9(13(16)17-4-2)12(15)10-7-8(18)5-6-11(10)14/h5-7,15,18H,3-4H2,1-2H3/b12-9-. The Morgan fingerprint density at radius 2 is 2.11 bits per heavy atom. The molecule has 0 aliphatic heterocycles. The van der Waals surface area contributed by atoms with Crippen LogP contribution in [0.4, 0.5) is 0 Å². The molecule has 0 aliphatic rings. The molecule has 18 heavy (non-hydrogen) atoms. The summed E-state index contributed by atoms with van der Waals surface area (Å²) in [6.45, 7) is 3.74. The number of aliphatic hydroxyl groups is 1. The lowest BCUT2D eigenvalue weighted by molar-refractivity contribution is -0.138. The van der Waals surface area contributed by atoms with Crippen molar-refractivity contribution in [3.05, 3.63) is 34.4 Å². The van der Waals surface area contributed by atoms with Crippen LogP contribution in [0.15, 0.2) is 28.7 Å². The maximum absolute atomic E-state index is 11.7. The Kier molecular flexibility index (Phi) is 5.56. The number of rotatable bonds is 4. The van der Waals surface area contributed by atoms with Gasteiger partial charge in [0.15, 0.2) is 0 Å². The van der Waals surface area contributed by atoms with E-state index in [1.165, 1.54) is 0 Å². The van der Waals surface area contributed by atoms with E-state index in [-0.39, 0.29) is 17.9 Å². The summed E-state index contributed by atoms with van der Waals surface area (Å²) in [4.78, 5) is 12.3. The van der Waals surface area contributed by atoms with E-state index >= 15 is 0 Å². The van der Waals surface area contributed by atoms with E-state index in [4.69, 9.17) is 16.3 Å². The van der Waals surface area contributed by atoms with Crippen molar-refractivity contribution in [2.24, 2.45) is 0 Å². The molecule has 98 valence electrons. The van der Waals surface area contributed by atoms with Crippen molar-refractivity contribution in [2.75, 3.05) is 6.61 Å². The number of carbonyl (C=O) groups excluding carboxylic acids is 1. The number of hydrogen-bond donors (Lipinski definition) is 2. The van der Waals surface area contributed by atoms with Gasteiger partial charge < -0.3 is 9.84 Å². The summed E-state index contributed by atoms with van der Waals surface area (Å²) in [5.41, 5.74) is 0.590. The number of benzene rings is 1. The number of esters is 1. The topological polar surface area (TPSA) is 46.5 Å². The molecule has 3 nitrogen and oxygen atoms in total. The highest BCUT2D eigenvalue weighted by atomic mass is 35.5. The second kappa shape index (κ2) is 6.71. The first-order valence-electron chi connectivity index (χ1n) is 5.59. The second-order valence-corrected chi connectivity index (χ2v) is 4.49. The molecule has 5 heteroatoms. The Balaban J connectivity index is 3.26. The van der Waals surface area contributed by atoms with E-state index in [9.17, 15) is 9.90 Å². The van der Waals surface area contributed by atoms with Gasteiger partial charge in [0.05, 0.1) is 17.2 Å². The smallest absolute Gasteiger partial charge is 0.337 e. The molecule has 0 unspecified atom stereocenters. The third kappa shape index (κ3) is 3.43. The summed E-state index contributed by atoms with van der Waals surface area (Å²) in [5, 5.41) is 10.5. The first-order valence-corrected chi connectivity index (χ1v) is 6.41. The van der Waals surface area contributed by atoms with E-state index in [0.717, 1.165) is 0 Å². The summed E-state index contributed by atoms with van der Waals surface area (Å²) in [7, 11) is 0. The van der Waals surface area contributed by atoms with Gasteiger partial charge >= 0.3 is 5.97 Å². The number of ether oxygens (including phenoxy) is 1. The zero-order valence-electron chi connectivity index (χ0n) is 10.2. The van der Waals surface area contributed by atoms with Crippen LogP contribution in [-0.2, 0) is 9.53 Å². The van der Waals surface area contributed by atoms with Gasteiger partial charge in [-0.1, -0.05) is 18.5 Å². The fraction of sp³-hybridized carbons (Fsp3) is 0.308. The van der Waals surface area contributed by atoms with Gasteiger partial charge in [-0.15, -0.1) is 12.6 Å². The highest BCUT2D eigenvalue weighted by Gasteiger charge is 2.17. The van der Waals surface area contributed by atoms with Crippen molar-refractivity contribution >= 4 is 36.0 Å². The average molecular weight is 287 g/mol. The van der Waals surface area contributed by atoms with Crippen LogP contribution in [-0.4, -0.2) is 17.7 Å². The van der Waals surface area contributed by atoms with Crippen molar-refractivity contribution in [1.82, 2.24) is 0 Å². The van der Waals surface area contributed by atoms with Gasteiger partial charge in [0.1, 0.15) is 5.76 Å². The highest BCUT2D eigenvalue weighted by molar-refractivity contribution is 7.80. The summed E-state index contributed by atoms with van der Waals surface area (Å²) < 4.78 is 4.89. The Hall–Kier alpha value is -1.13. The number of halogens is 1. The molecule has 1 aromatic carbocycles. The minimum absolute atomic E-state index is 0.156. The van der Waals surface area contributed by atoms with Gasteiger partial charge in [0.2, 0.25) is 0 Å². The maximum Gasteiger partial charge on any atom is 0.337 e. The summed E-state index contributed by atoms with van der Waals surface area (Å²) in [6.07, 6.45) is 0.359. The van der Waals surface area contributed by atoms with Crippen molar-refractivity contribution in [3.8, 4) is 0 Å². The van der Waals surface area contributed by atoms with Gasteiger partial charge in [-0.3, -0.25) is 0 Å². The lowest BCUT2D eigenvalue weighted by atomic mass is 10.1. The van der Waals surface area contributed by atoms with Crippen molar-refractivity contribution < 1.29 is 14.6 Å². The molecule has 1 aromatic rings. The minimum atomic E-state index is -0.530. The zero-order chi connectivity index (χ0) is 13.7. The van der Waals surface area contributed by atoms with E-state index in [2.05, 4.69) is 12.6 Å². The molecule has 0 atom stereocenters. The maximum atomic E-state index is 11.7. The van der Waals surface area contributed by atoms with Gasteiger partial charge in [0, 0.05) is 10.5 Å². The molecule has 0 saturated carbocycles. The monoisotopic (exact) mass is 286 g/mol. The van der Waals surface area contributed by atoms with Crippen LogP contribution >= 0.6 is 24.2 Å². The lowest BCUT2D eigenvalue weighted by Crippen LogP contribution is -2.09. The van der Waals surface area contributed by atoms with Gasteiger partial charge in [-0.25, -0.2) is 4.79 Å². The highest BCUT2D eigenvalue weighted by Crippen LogP contribution is 2.28. The van der Waals surface area contributed by atoms with Crippen LogP contribution in [0.3, 0.4) is 0 Å². The van der Waals surface area contributed by atoms with Gasteiger partial charge in [-0.05, 0) is 31.5 Å². The van der Waals surface area contributed by atoms with Crippen molar-refractivity contribution in [2.45, 2.75) is 25.2 Å². The molecule has 0 fully saturated rings. The summed E-state index contributed by atoms with van der Waals surface area (Å²) in [5.74, 6) is -0.685. The van der Waals surface area contributed by atoms with Gasteiger partial charge in [-0.2, -0.15) is 0 Å². The van der Waals surface area contributed by atoms with Crippen molar-refractivity contribution in [1.29, 1.82) is 0 Å². The molecule has 0 spiro atoms. The molecule has 1 rings (SSSR count). The SMILES string of the molecule is CCOC(=O)/C(CC)=C(\O)c1cc(S)ccc1Cl. The molecular formula is C13H15ClO3S. The third-order valence-electron chi connectivity index (χ3n) is 2.37. The van der Waals surface area contributed by atoms with Crippen molar-refractivity contribution in [3.63, 3.8) is 0 Å². The minimum Gasteiger partial charge on any atom is -0.507 e. The largest absolute Gasteiger partial charge is 0.507 e. The number of hydrogen-bond acceptors (Lipinski definition) is 4. The molecule has 0 aromatic heterocycles. The molecule has 0 saturated heterocycles. The Labute approximate surface area is 117 Å². The normalized spacial score (nSPS) is 12.0. The molecular weight excluding hydrogens is 272 g/mol. The molecule has 0 bridgehead atoms. The third-order valence-corrected chi connectivity index (χ3v) is 2.97. The summed E-state index contributed by atoms with van der Waals surface area (Å²) in [6, 6.07) is 4.93. The first kappa shape index (κ1) is 14.9. The van der Waals surface area contributed by atoms with E-state index < -0.39 is 5.97 Å². The number of aliphatic hydroxyl groups excluding tert-OH is 1. The summed E-state index contributed by atoms with van der Waals surface area (Å²) >= 11 is 10.2. The molecule has 0 amide bonds. The van der Waals surface area contributed by atoms with E-state index in [0.29, 0.717) is 21.9 Å². The molecule has 1 N–H and O–H groups in total. The molecule has 0 heterocycles.